The van der Waals surface area contributed by atoms with Crippen LogP contribution in [0.2, 0.25) is 0 Å². The molecule has 2 aliphatic heterocycles. The molecule has 0 amide bonds. The summed E-state index contributed by atoms with van der Waals surface area (Å²) >= 11 is 0. The SMILES string of the molecule is COCC1CCCN(C2(CN)CC(C)N(C)C2)C1. The number of likely N-dealkylation sites (tertiary alicyclic amines) is 2. The van der Waals surface area contributed by atoms with Crippen molar-refractivity contribution in [2.75, 3.05) is 46.9 Å². The maximum absolute atomic E-state index is 6.14. The van der Waals surface area contributed by atoms with E-state index in [0.29, 0.717) is 12.0 Å². The molecule has 2 rings (SSSR count). The zero-order chi connectivity index (χ0) is 13.2. The van der Waals surface area contributed by atoms with Crippen LogP contribution in [0.15, 0.2) is 0 Å². The van der Waals surface area contributed by atoms with Crippen LogP contribution in [-0.4, -0.2) is 68.3 Å². The molecule has 0 spiro atoms. The van der Waals surface area contributed by atoms with Gasteiger partial charge in [-0.05, 0) is 45.7 Å². The highest BCUT2D eigenvalue weighted by Gasteiger charge is 2.45. The van der Waals surface area contributed by atoms with Crippen LogP contribution < -0.4 is 5.73 Å². The standard InChI is InChI=1S/C14H29N3O/c1-12-7-14(10-15,11-16(12)2)17-6-4-5-13(8-17)9-18-3/h12-13H,4-11,15H2,1-3H3. The van der Waals surface area contributed by atoms with E-state index in [1.807, 2.05) is 7.11 Å². The Hall–Kier alpha value is -0.160. The molecule has 2 saturated heterocycles. The second-order valence-corrected chi connectivity index (χ2v) is 6.31. The molecule has 3 unspecified atom stereocenters. The molecule has 0 bridgehead atoms. The van der Waals surface area contributed by atoms with Crippen molar-refractivity contribution in [2.24, 2.45) is 11.7 Å². The van der Waals surface area contributed by atoms with Gasteiger partial charge in [0, 0.05) is 38.3 Å². The molecule has 0 aromatic carbocycles. The lowest BCUT2D eigenvalue weighted by atomic mass is 9.88. The average molecular weight is 255 g/mol. The number of hydrogen-bond donors (Lipinski definition) is 1. The minimum absolute atomic E-state index is 0.209. The van der Waals surface area contributed by atoms with Crippen LogP contribution in [0, 0.1) is 5.92 Å². The minimum atomic E-state index is 0.209. The maximum atomic E-state index is 6.14. The monoisotopic (exact) mass is 255 g/mol. The quantitative estimate of drug-likeness (QED) is 0.805. The maximum Gasteiger partial charge on any atom is 0.0502 e. The van der Waals surface area contributed by atoms with Gasteiger partial charge < -0.3 is 15.4 Å². The van der Waals surface area contributed by atoms with E-state index in [-0.39, 0.29) is 5.54 Å². The van der Waals surface area contributed by atoms with Gasteiger partial charge in [-0.3, -0.25) is 4.90 Å². The summed E-state index contributed by atoms with van der Waals surface area (Å²) < 4.78 is 5.33. The van der Waals surface area contributed by atoms with Crippen LogP contribution in [-0.2, 0) is 4.74 Å². The summed E-state index contributed by atoms with van der Waals surface area (Å²) in [6.45, 7) is 7.46. The first-order chi connectivity index (χ1) is 8.61. The van der Waals surface area contributed by atoms with Crippen molar-refractivity contribution in [3.63, 3.8) is 0 Å². The Morgan fingerprint density at radius 2 is 2.22 bits per heavy atom. The van der Waals surface area contributed by atoms with Gasteiger partial charge in [0.1, 0.15) is 0 Å². The Morgan fingerprint density at radius 3 is 2.78 bits per heavy atom. The van der Waals surface area contributed by atoms with Gasteiger partial charge in [0.25, 0.3) is 0 Å². The van der Waals surface area contributed by atoms with Crippen molar-refractivity contribution in [2.45, 2.75) is 37.8 Å². The summed E-state index contributed by atoms with van der Waals surface area (Å²) in [5, 5.41) is 0. The van der Waals surface area contributed by atoms with Gasteiger partial charge in [0.2, 0.25) is 0 Å². The summed E-state index contributed by atoms with van der Waals surface area (Å²) in [5.41, 5.74) is 6.35. The van der Waals surface area contributed by atoms with Crippen LogP contribution in [0.3, 0.4) is 0 Å². The van der Waals surface area contributed by atoms with Gasteiger partial charge >= 0.3 is 0 Å². The van der Waals surface area contributed by atoms with Crippen LogP contribution in [0.25, 0.3) is 0 Å². The van der Waals surface area contributed by atoms with Gasteiger partial charge in [0.15, 0.2) is 0 Å². The van der Waals surface area contributed by atoms with E-state index in [9.17, 15) is 0 Å². The first-order valence-corrected chi connectivity index (χ1v) is 7.25. The van der Waals surface area contributed by atoms with E-state index < -0.39 is 0 Å². The van der Waals surface area contributed by atoms with Crippen molar-refractivity contribution in [3.05, 3.63) is 0 Å². The molecule has 3 atom stereocenters. The largest absolute Gasteiger partial charge is 0.384 e. The van der Waals surface area contributed by atoms with Crippen LogP contribution in [0.1, 0.15) is 26.2 Å². The van der Waals surface area contributed by atoms with E-state index >= 15 is 0 Å². The topological polar surface area (TPSA) is 41.7 Å². The predicted molar refractivity (Wildman–Crippen MR) is 74.7 cm³/mol. The lowest BCUT2D eigenvalue weighted by Crippen LogP contribution is -2.58. The fraction of sp³-hybridized carbons (Fsp3) is 1.00. The molecule has 0 aromatic heterocycles. The molecule has 18 heavy (non-hydrogen) atoms. The van der Waals surface area contributed by atoms with E-state index in [2.05, 4.69) is 23.8 Å². The number of piperidine rings is 1. The summed E-state index contributed by atoms with van der Waals surface area (Å²) in [4.78, 5) is 5.10. The second kappa shape index (κ2) is 5.87. The molecule has 106 valence electrons. The van der Waals surface area contributed by atoms with E-state index in [1.54, 1.807) is 0 Å². The number of likely N-dealkylation sites (N-methyl/N-ethyl adjacent to an activating group) is 1. The average Bonchev–Trinajstić information content (AvgIpc) is 2.67. The number of nitrogens with zero attached hydrogens (tertiary/aromatic N) is 2. The molecule has 0 saturated carbocycles. The van der Waals surface area contributed by atoms with Crippen molar-refractivity contribution < 1.29 is 4.74 Å². The molecule has 2 fully saturated rings. The Bertz CT molecular complexity index is 260. The van der Waals surface area contributed by atoms with Gasteiger partial charge in [-0.1, -0.05) is 0 Å². The summed E-state index contributed by atoms with van der Waals surface area (Å²) in [6.07, 6.45) is 3.80. The van der Waals surface area contributed by atoms with Crippen molar-refractivity contribution in [1.29, 1.82) is 0 Å². The lowest BCUT2D eigenvalue weighted by Gasteiger charge is -2.45. The van der Waals surface area contributed by atoms with Crippen molar-refractivity contribution in [1.82, 2.24) is 9.80 Å². The fourth-order valence-electron chi connectivity index (χ4n) is 3.76. The molecule has 2 N–H and O–H groups in total. The van der Waals surface area contributed by atoms with Gasteiger partial charge in [0.05, 0.1) is 6.61 Å². The number of methoxy groups -OCH3 is 1. The smallest absolute Gasteiger partial charge is 0.0502 e. The molecule has 4 heteroatoms. The number of nitrogens with two attached hydrogens (primary N) is 1. The molecule has 2 heterocycles. The van der Waals surface area contributed by atoms with E-state index in [0.717, 1.165) is 26.2 Å². The highest BCUT2D eigenvalue weighted by atomic mass is 16.5. The molecule has 4 nitrogen and oxygen atoms in total. The summed E-state index contributed by atoms with van der Waals surface area (Å²) in [6, 6.07) is 0.649. The third kappa shape index (κ3) is 2.72. The van der Waals surface area contributed by atoms with Crippen LogP contribution in [0.4, 0.5) is 0 Å². The van der Waals surface area contributed by atoms with Gasteiger partial charge in [-0.2, -0.15) is 0 Å². The molecular weight excluding hydrogens is 226 g/mol. The van der Waals surface area contributed by atoms with E-state index in [1.165, 1.54) is 25.8 Å². The number of ether oxygens (including phenoxy) is 1. The third-order valence-corrected chi connectivity index (χ3v) is 4.94. The fourth-order valence-corrected chi connectivity index (χ4v) is 3.76. The van der Waals surface area contributed by atoms with Crippen LogP contribution in [0.5, 0.6) is 0 Å². The van der Waals surface area contributed by atoms with Gasteiger partial charge in [-0.25, -0.2) is 0 Å². The van der Waals surface area contributed by atoms with Crippen molar-refractivity contribution in [3.8, 4) is 0 Å². The third-order valence-electron chi connectivity index (χ3n) is 4.94. The first-order valence-electron chi connectivity index (χ1n) is 7.25. The normalized spacial score (nSPS) is 39.3. The minimum Gasteiger partial charge on any atom is -0.384 e. The Morgan fingerprint density at radius 1 is 1.44 bits per heavy atom. The van der Waals surface area contributed by atoms with Crippen molar-refractivity contribution >= 4 is 0 Å². The number of rotatable bonds is 4. The van der Waals surface area contributed by atoms with Crippen LogP contribution >= 0.6 is 0 Å². The van der Waals surface area contributed by atoms with E-state index in [4.69, 9.17) is 10.5 Å². The Labute approximate surface area is 111 Å². The van der Waals surface area contributed by atoms with Gasteiger partial charge in [-0.15, -0.1) is 0 Å². The zero-order valence-electron chi connectivity index (χ0n) is 12.2. The summed E-state index contributed by atoms with van der Waals surface area (Å²) in [5.74, 6) is 0.688. The zero-order valence-corrected chi connectivity index (χ0v) is 12.2. The molecular formula is C14H29N3O. The molecule has 0 radical (unpaired) electrons. The summed E-state index contributed by atoms with van der Waals surface area (Å²) in [7, 11) is 4.03. The first kappa shape index (κ1) is 14.3. The molecule has 2 aliphatic rings. The Balaban J connectivity index is 2.03. The molecule has 0 aliphatic carbocycles. The Kier molecular flexibility index (Phi) is 4.64. The second-order valence-electron chi connectivity index (χ2n) is 6.31. The highest BCUT2D eigenvalue weighted by molar-refractivity contribution is 5.03. The molecule has 0 aromatic rings. The lowest BCUT2D eigenvalue weighted by molar-refractivity contribution is 0.0271. The highest BCUT2D eigenvalue weighted by Crippen LogP contribution is 2.33. The predicted octanol–water partition coefficient (Wildman–Crippen LogP) is 0.766. The number of hydrogen-bond acceptors (Lipinski definition) is 4.